The van der Waals surface area contributed by atoms with Crippen molar-refractivity contribution in [2.75, 3.05) is 26.0 Å². The highest BCUT2D eigenvalue weighted by atomic mass is 16.1. The van der Waals surface area contributed by atoms with Gasteiger partial charge in [-0.05, 0) is 63.7 Å². The van der Waals surface area contributed by atoms with Gasteiger partial charge in [-0.2, -0.15) is 0 Å². The lowest BCUT2D eigenvalue weighted by atomic mass is 10.1. The summed E-state index contributed by atoms with van der Waals surface area (Å²) >= 11 is 0. The van der Waals surface area contributed by atoms with Crippen LogP contribution in [0.1, 0.15) is 47.4 Å². The zero-order valence-electron chi connectivity index (χ0n) is 16.8. The van der Waals surface area contributed by atoms with Crippen LogP contribution in [0, 0.1) is 0 Å². The Morgan fingerprint density at radius 2 is 2.00 bits per heavy atom. The van der Waals surface area contributed by atoms with Crippen LogP contribution in [0.3, 0.4) is 0 Å². The molecule has 6 heteroatoms. The van der Waals surface area contributed by atoms with Crippen molar-refractivity contribution in [2.45, 2.75) is 32.2 Å². The largest absolute Gasteiger partial charge is 0.357 e. The van der Waals surface area contributed by atoms with E-state index in [1.807, 2.05) is 30.3 Å². The summed E-state index contributed by atoms with van der Waals surface area (Å²) in [6.45, 7) is 2.84. The van der Waals surface area contributed by atoms with Crippen LogP contribution in [0.15, 0.2) is 42.6 Å². The quantitative estimate of drug-likeness (QED) is 0.557. The second kappa shape index (κ2) is 8.99. The van der Waals surface area contributed by atoms with E-state index < -0.39 is 0 Å². The zero-order chi connectivity index (χ0) is 20.1. The smallest absolute Gasteiger partial charge is 0.256 e. The van der Waals surface area contributed by atoms with Crippen molar-refractivity contribution < 1.29 is 4.79 Å². The molecule has 1 aromatic carbocycles. The van der Waals surface area contributed by atoms with E-state index in [1.54, 1.807) is 6.20 Å². The van der Waals surface area contributed by atoms with Crippen LogP contribution in [-0.2, 0) is 6.42 Å². The lowest BCUT2D eigenvalue weighted by Crippen LogP contribution is -2.19. The maximum atomic E-state index is 12.5. The summed E-state index contributed by atoms with van der Waals surface area (Å²) in [6, 6.07) is 12.0. The number of benzene rings is 1. The number of hydrogen-bond donors (Lipinski definition) is 3. The predicted octanol–water partition coefficient (Wildman–Crippen LogP) is 3.72. The van der Waals surface area contributed by atoms with Crippen LogP contribution in [-0.4, -0.2) is 41.4 Å². The number of pyridine rings is 1. The lowest BCUT2D eigenvalue weighted by Gasteiger charge is -2.21. The van der Waals surface area contributed by atoms with Gasteiger partial charge in [0.1, 0.15) is 5.82 Å². The van der Waals surface area contributed by atoms with Gasteiger partial charge in [-0.1, -0.05) is 19.1 Å². The normalized spacial score (nSPS) is 12.5. The summed E-state index contributed by atoms with van der Waals surface area (Å²) in [5.41, 5.74) is 9.47. The van der Waals surface area contributed by atoms with Gasteiger partial charge in [0.25, 0.3) is 5.91 Å². The van der Waals surface area contributed by atoms with Gasteiger partial charge in [0.15, 0.2) is 0 Å². The van der Waals surface area contributed by atoms with Gasteiger partial charge >= 0.3 is 0 Å². The monoisotopic (exact) mass is 379 g/mol. The average Bonchev–Trinajstić information content (AvgIpc) is 3.09. The number of amides is 1. The highest BCUT2D eigenvalue weighted by molar-refractivity contribution is 6.04. The topological polar surface area (TPSA) is 87.0 Å². The number of nitrogens with two attached hydrogens (primary N) is 1. The van der Waals surface area contributed by atoms with Gasteiger partial charge in [-0.25, -0.2) is 4.98 Å². The molecule has 28 heavy (non-hydrogen) atoms. The van der Waals surface area contributed by atoms with E-state index in [-0.39, 0.29) is 5.91 Å². The second-order valence-electron chi connectivity index (χ2n) is 7.31. The number of aryl methyl sites for hydroxylation is 1. The summed E-state index contributed by atoms with van der Waals surface area (Å²) in [4.78, 5) is 22.6. The van der Waals surface area contributed by atoms with E-state index in [9.17, 15) is 4.79 Å². The number of carbonyl (C=O) groups excluding carboxylic acids is 1. The summed E-state index contributed by atoms with van der Waals surface area (Å²) in [5.74, 6) is 0.375. The molecule has 148 valence electrons. The molecule has 0 fully saturated rings. The maximum absolute atomic E-state index is 12.5. The SMILES string of the molecule is CCC(c1cc2cnc(NC(=O)c3ccc(CCCN)cc3)cc2[nH]1)N(C)C. The Morgan fingerprint density at radius 1 is 1.25 bits per heavy atom. The Bertz CT molecular complexity index is 930. The molecule has 0 radical (unpaired) electrons. The first-order valence-corrected chi connectivity index (χ1v) is 9.77. The van der Waals surface area contributed by atoms with Gasteiger partial charge in [-0.15, -0.1) is 0 Å². The van der Waals surface area contributed by atoms with E-state index in [0.29, 0.717) is 24.0 Å². The molecule has 0 aliphatic heterocycles. The Hall–Kier alpha value is -2.70. The molecular formula is C22H29N5O. The first-order chi connectivity index (χ1) is 13.5. The molecule has 3 rings (SSSR count). The van der Waals surface area contributed by atoms with Gasteiger partial charge in [0.2, 0.25) is 0 Å². The van der Waals surface area contributed by atoms with E-state index in [4.69, 9.17) is 5.73 Å². The van der Waals surface area contributed by atoms with E-state index >= 15 is 0 Å². The summed E-state index contributed by atoms with van der Waals surface area (Å²) in [5, 5.41) is 3.93. The van der Waals surface area contributed by atoms with Crippen LogP contribution in [0.5, 0.6) is 0 Å². The molecule has 4 N–H and O–H groups in total. The first-order valence-electron chi connectivity index (χ1n) is 9.77. The summed E-state index contributed by atoms with van der Waals surface area (Å²) in [7, 11) is 4.15. The number of carbonyl (C=O) groups is 1. The third-order valence-corrected chi connectivity index (χ3v) is 5.02. The molecule has 0 bridgehead atoms. The molecule has 2 heterocycles. The van der Waals surface area contributed by atoms with Crippen LogP contribution >= 0.6 is 0 Å². The molecule has 0 saturated carbocycles. The Kier molecular flexibility index (Phi) is 6.44. The molecule has 3 aromatic rings. The van der Waals surface area contributed by atoms with Crippen molar-refractivity contribution >= 4 is 22.6 Å². The third-order valence-electron chi connectivity index (χ3n) is 5.02. The number of fused-ring (bicyclic) bond motifs is 1. The van der Waals surface area contributed by atoms with Crippen molar-refractivity contribution in [3.63, 3.8) is 0 Å². The van der Waals surface area contributed by atoms with Gasteiger partial charge in [0, 0.05) is 34.9 Å². The van der Waals surface area contributed by atoms with E-state index in [1.165, 1.54) is 5.56 Å². The minimum absolute atomic E-state index is 0.163. The standard InChI is InChI=1S/C22H29N5O/c1-4-20(27(2)3)19-12-17-14-24-21(13-18(17)25-19)26-22(28)16-9-7-15(8-10-16)6-5-11-23/h7-10,12-14,20,25H,4-6,11,23H2,1-3H3,(H,24,26,28). The van der Waals surface area contributed by atoms with Gasteiger partial charge < -0.3 is 20.9 Å². The maximum Gasteiger partial charge on any atom is 0.256 e. The van der Waals surface area contributed by atoms with Crippen LogP contribution in [0.4, 0.5) is 5.82 Å². The number of hydrogen-bond acceptors (Lipinski definition) is 4. The molecule has 0 spiro atoms. The van der Waals surface area contributed by atoms with Crippen LogP contribution in [0.25, 0.3) is 10.9 Å². The molecular weight excluding hydrogens is 350 g/mol. The van der Waals surface area contributed by atoms with Crippen molar-refractivity contribution in [1.29, 1.82) is 0 Å². The molecule has 1 unspecified atom stereocenters. The number of nitrogens with one attached hydrogen (secondary N) is 2. The van der Waals surface area contributed by atoms with Crippen LogP contribution < -0.4 is 11.1 Å². The number of H-pyrrole nitrogens is 1. The van der Waals surface area contributed by atoms with Crippen LogP contribution in [0.2, 0.25) is 0 Å². The fraction of sp³-hybridized carbons (Fsp3) is 0.364. The minimum atomic E-state index is -0.163. The van der Waals surface area contributed by atoms with Crippen molar-refractivity contribution in [3.8, 4) is 0 Å². The fourth-order valence-electron chi connectivity index (χ4n) is 3.48. The number of rotatable bonds is 8. The molecule has 0 aliphatic carbocycles. The highest BCUT2D eigenvalue weighted by Crippen LogP contribution is 2.26. The van der Waals surface area contributed by atoms with Gasteiger partial charge in [-0.3, -0.25) is 4.79 Å². The minimum Gasteiger partial charge on any atom is -0.357 e. The van der Waals surface area contributed by atoms with E-state index in [2.05, 4.69) is 47.3 Å². The first kappa shape index (κ1) is 20.0. The van der Waals surface area contributed by atoms with Crippen molar-refractivity contribution in [1.82, 2.24) is 14.9 Å². The highest BCUT2D eigenvalue weighted by Gasteiger charge is 2.15. The summed E-state index contributed by atoms with van der Waals surface area (Å²) < 4.78 is 0. The summed E-state index contributed by atoms with van der Waals surface area (Å²) in [6.07, 6.45) is 4.68. The number of nitrogens with zero attached hydrogens (tertiary/aromatic N) is 2. The Balaban J connectivity index is 1.74. The zero-order valence-corrected chi connectivity index (χ0v) is 16.8. The molecule has 1 atom stereocenters. The third kappa shape index (κ3) is 4.58. The molecule has 0 saturated heterocycles. The average molecular weight is 380 g/mol. The molecule has 6 nitrogen and oxygen atoms in total. The molecule has 2 aromatic heterocycles. The van der Waals surface area contributed by atoms with E-state index in [0.717, 1.165) is 35.9 Å². The molecule has 1 amide bonds. The van der Waals surface area contributed by atoms with Crippen molar-refractivity contribution in [3.05, 3.63) is 59.4 Å². The Labute approximate surface area is 166 Å². The second-order valence-corrected chi connectivity index (χ2v) is 7.31. The fourth-order valence-corrected chi connectivity index (χ4v) is 3.48. The van der Waals surface area contributed by atoms with Crippen molar-refractivity contribution in [2.24, 2.45) is 5.73 Å². The predicted molar refractivity (Wildman–Crippen MR) is 115 cm³/mol. The number of aromatic nitrogens is 2. The number of anilines is 1. The number of aromatic amines is 1. The lowest BCUT2D eigenvalue weighted by molar-refractivity contribution is 0.102. The van der Waals surface area contributed by atoms with Gasteiger partial charge in [0.05, 0.1) is 5.52 Å². The molecule has 0 aliphatic rings. The Morgan fingerprint density at radius 3 is 2.64 bits per heavy atom.